The monoisotopic (exact) mass is 154 g/mol. The molecule has 1 atom stereocenters. The van der Waals surface area contributed by atoms with E-state index in [1.807, 2.05) is 0 Å². The van der Waals surface area contributed by atoms with Gasteiger partial charge in [0.2, 0.25) is 0 Å². The first-order valence-electron chi connectivity index (χ1n) is 3.73. The minimum Gasteiger partial charge on any atom is -0.109 e. The molecule has 56 valence electrons. The summed E-state index contributed by atoms with van der Waals surface area (Å²) in [7, 11) is 0.225. The van der Waals surface area contributed by atoms with Gasteiger partial charge >= 0.3 is 0 Å². The van der Waals surface area contributed by atoms with Gasteiger partial charge in [-0.3, -0.25) is 0 Å². The van der Waals surface area contributed by atoms with E-state index >= 15 is 0 Å². The van der Waals surface area contributed by atoms with Crippen molar-refractivity contribution in [3.63, 3.8) is 0 Å². The predicted molar refractivity (Wildman–Crippen MR) is 50.0 cm³/mol. The van der Waals surface area contributed by atoms with Crippen LogP contribution in [0, 0.1) is 5.92 Å². The van der Waals surface area contributed by atoms with Gasteiger partial charge in [0.05, 0.1) is 0 Å². The Kier molecular flexibility index (Phi) is 2.68. The highest BCUT2D eigenvalue weighted by Gasteiger charge is 2.15. The predicted octanol–water partition coefficient (Wildman–Crippen LogP) is 2.86. The van der Waals surface area contributed by atoms with E-state index in [0.717, 1.165) is 11.6 Å². The zero-order valence-electron chi connectivity index (χ0n) is 6.91. The normalized spacial score (nSPS) is 20.8. The topological polar surface area (TPSA) is 0 Å². The Bertz CT molecular complexity index is 144. The van der Waals surface area contributed by atoms with Crippen molar-refractivity contribution >= 4 is 7.92 Å². The van der Waals surface area contributed by atoms with Crippen molar-refractivity contribution in [3.8, 4) is 0 Å². The lowest BCUT2D eigenvalue weighted by atomic mass is 10.1. The van der Waals surface area contributed by atoms with E-state index in [2.05, 4.69) is 44.6 Å². The fourth-order valence-electron chi connectivity index (χ4n) is 1.11. The van der Waals surface area contributed by atoms with Crippen molar-refractivity contribution in [2.24, 2.45) is 5.92 Å². The lowest BCUT2D eigenvalue weighted by molar-refractivity contribution is 0.795. The second kappa shape index (κ2) is 3.34. The maximum atomic E-state index is 2.35. The third-order valence-electron chi connectivity index (χ3n) is 2.15. The first-order chi connectivity index (χ1) is 4.72. The second-order valence-corrected chi connectivity index (χ2v) is 5.79. The van der Waals surface area contributed by atoms with E-state index in [-0.39, 0.29) is 7.92 Å². The third-order valence-corrected chi connectivity index (χ3v) is 4.12. The molecular weight excluding hydrogens is 139 g/mol. The molecule has 1 aliphatic carbocycles. The highest BCUT2D eigenvalue weighted by molar-refractivity contribution is 7.56. The molecule has 0 N–H and O–H groups in total. The van der Waals surface area contributed by atoms with Gasteiger partial charge in [0.15, 0.2) is 0 Å². The maximum absolute atomic E-state index is 2.35. The van der Waals surface area contributed by atoms with Crippen LogP contribution >= 0.6 is 7.92 Å². The van der Waals surface area contributed by atoms with E-state index in [0.29, 0.717) is 0 Å². The van der Waals surface area contributed by atoms with E-state index in [4.69, 9.17) is 0 Å². The summed E-state index contributed by atoms with van der Waals surface area (Å²) in [5, 5.41) is 0. The summed E-state index contributed by atoms with van der Waals surface area (Å²) < 4.78 is 0. The van der Waals surface area contributed by atoms with Crippen LogP contribution in [0.5, 0.6) is 0 Å². The van der Waals surface area contributed by atoms with Crippen LogP contribution in [0.3, 0.4) is 0 Å². The zero-order valence-corrected chi connectivity index (χ0v) is 7.81. The number of hydrogen-bond donors (Lipinski definition) is 0. The van der Waals surface area contributed by atoms with Crippen molar-refractivity contribution in [2.75, 3.05) is 13.3 Å². The molecule has 0 fully saturated rings. The summed E-state index contributed by atoms with van der Waals surface area (Å²) in [6, 6.07) is 0. The Morgan fingerprint density at radius 3 is 2.10 bits per heavy atom. The molecule has 1 aliphatic rings. The maximum Gasteiger partial charge on any atom is 0.00175 e. The van der Waals surface area contributed by atoms with Crippen molar-refractivity contribution in [1.29, 1.82) is 0 Å². The lowest BCUT2D eigenvalue weighted by Gasteiger charge is -2.19. The number of hydrogen-bond acceptors (Lipinski definition) is 0. The first-order valence-corrected chi connectivity index (χ1v) is 6.04. The zero-order chi connectivity index (χ0) is 7.56. The molecule has 0 saturated carbocycles. The van der Waals surface area contributed by atoms with Crippen LogP contribution in [0.4, 0.5) is 0 Å². The minimum atomic E-state index is 0.225. The molecule has 0 spiro atoms. The molecular formula is C9H15P. The van der Waals surface area contributed by atoms with E-state index in [1.54, 1.807) is 0 Å². The van der Waals surface area contributed by atoms with Gasteiger partial charge in [-0.15, -0.1) is 7.92 Å². The van der Waals surface area contributed by atoms with Crippen LogP contribution in [-0.4, -0.2) is 19.0 Å². The quantitative estimate of drug-likeness (QED) is 0.536. The van der Waals surface area contributed by atoms with E-state index in [9.17, 15) is 0 Å². The summed E-state index contributed by atoms with van der Waals surface area (Å²) in [4.78, 5) is 0. The Morgan fingerprint density at radius 2 is 1.70 bits per heavy atom. The lowest BCUT2D eigenvalue weighted by Crippen LogP contribution is -2.08. The van der Waals surface area contributed by atoms with E-state index in [1.165, 1.54) is 0 Å². The molecule has 0 saturated heterocycles. The average Bonchev–Trinajstić information content (AvgIpc) is 2.36. The molecule has 0 aromatic heterocycles. The molecule has 0 heterocycles. The van der Waals surface area contributed by atoms with Crippen molar-refractivity contribution in [1.82, 2.24) is 0 Å². The molecule has 1 unspecified atom stereocenters. The van der Waals surface area contributed by atoms with Gasteiger partial charge in [-0.1, -0.05) is 31.2 Å². The Hall–Kier alpha value is -0.0900. The van der Waals surface area contributed by atoms with Gasteiger partial charge in [-0.2, -0.15) is 0 Å². The van der Waals surface area contributed by atoms with Crippen molar-refractivity contribution in [3.05, 3.63) is 24.3 Å². The minimum absolute atomic E-state index is 0.225. The second-order valence-electron chi connectivity index (χ2n) is 3.05. The largest absolute Gasteiger partial charge is 0.109 e. The van der Waals surface area contributed by atoms with Gasteiger partial charge in [0.25, 0.3) is 0 Å². The van der Waals surface area contributed by atoms with E-state index < -0.39 is 0 Å². The summed E-state index contributed by atoms with van der Waals surface area (Å²) in [5.74, 6) is 0.723. The standard InChI is InChI=1S/C9H15P/c1-8(10(2)3)9-6-4-5-7-9/h4-9H,1-3H3. The highest BCUT2D eigenvalue weighted by atomic mass is 31.1. The Labute approximate surface area is 64.8 Å². The molecule has 10 heavy (non-hydrogen) atoms. The van der Waals surface area contributed by atoms with Crippen LogP contribution in [0.1, 0.15) is 6.92 Å². The van der Waals surface area contributed by atoms with Gasteiger partial charge in [0, 0.05) is 5.92 Å². The fraction of sp³-hybridized carbons (Fsp3) is 0.556. The van der Waals surface area contributed by atoms with Gasteiger partial charge in [-0.25, -0.2) is 0 Å². The average molecular weight is 154 g/mol. The third kappa shape index (κ3) is 1.70. The Morgan fingerprint density at radius 1 is 1.20 bits per heavy atom. The molecule has 0 amide bonds. The first kappa shape index (κ1) is 8.01. The highest BCUT2D eigenvalue weighted by Crippen LogP contribution is 2.38. The Balaban J connectivity index is 2.49. The summed E-state index contributed by atoms with van der Waals surface area (Å²) in [6.07, 6.45) is 8.90. The number of rotatable bonds is 2. The molecule has 1 rings (SSSR count). The van der Waals surface area contributed by atoms with Gasteiger partial charge in [-0.05, 0) is 19.0 Å². The molecule has 0 aliphatic heterocycles. The van der Waals surface area contributed by atoms with Crippen LogP contribution < -0.4 is 0 Å². The molecule has 0 bridgehead atoms. The van der Waals surface area contributed by atoms with Crippen LogP contribution in [0.2, 0.25) is 0 Å². The summed E-state index contributed by atoms with van der Waals surface area (Å²) in [6.45, 7) is 7.04. The smallest absolute Gasteiger partial charge is 0.00175 e. The molecule has 0 aromatic rings. The van der Waals surface area contributed by atoms with Crippen molar-refractivity contribution < 1.29 is 0 Å². The van der Waals surface area contributed by atoms with Crippen LogP contribution in [-0.2, 0) is 0 Å². The van der Waals surface area contributed by atoms with Crippen LogP contribution in [0.15, 0.2) is 24.3 Å². The fourth-order valence-corrected chi connectivity index (χ4v) is 2.00. The summed E-state index contributed by atoms with van der Waals surface area (Å²) >= 11 is 0. The molecule has 0 radical (unpaired) electrons. The van der Waals surface area contributed by atoms with Crippen molar-refractivity contribution in [2.45, 2.75) is 12.6 Å². The SMILES string of the molecule is CC(C1C=CC=C1)P(C)C. The summed E-state index contributed by atoms with van der Waals surface area (Å²) in [5.41, 5.74) is 0.852. The van der Waals surface area contributed by atoms with Gasteiger partial charge < -0.3 is 0 Å². The number of allylic oxidation sites excluding steroid dienone is 4. The van der Waals surface area contributed by atoms with Crippen LogP contribution in [0.25, 0.3) is 0 Å². The molecule has 0 nitrogen and oxygen atoms in total. The molecule has 1 heteroatoms. The van der Waals surface area contributed by atoms with Gasteiger partial charge in [0.1, 0.15) is 0 Å². The molecule has 0 aromatic carbocycles.